The van der Waals surface area contributed by atoms with Crippen LogP contribution in [0.2, 0.25) is 0 Å². The van der Waals surface area contributed by atoms with Gasteiger partial charge in [0.2, 0.25) is 5.90 Å². The molecule has 0 saturated carbocycles. The smallest absolute Gasteiger partial charge is 0.363 e. The summed E-state index contributed by atoms with van der Waals surface area (Å²) in [5.74, 6) is 1.06. The molecule has 0 saturated heterocycles. The van der Waals surface area contributed by atoms with Gasteiger partial charge in [-0.05, 0) is 58.4 Å². The molecule has 7 heteroatoms. The van der Waals surface area contributed by atoms with Gasteiger partial charge in [0.25, 0.3) is 0 Å². The quantitative estimate of drug-likeness (QED) is 0.489. The number of benzene rings is 2. The number of hydrogen-bond acceptors (Lipinski definition) is 5. The number of aliphatic imine (C=N–C) groups is 1. The molecule has 0 N–H and O–H groups in total. The molecule has 0 spiro atoms. The van der Waals surface area contributed by atoms with Crippen molar-refractivity contribution in [3.05, 3.63) is 62.2 Å². The average molecular weight is 467 g/mol. The molecule has 1 heterocycles. The maximum absolute atomic E-state index is 12.2. The third-order valence-electron chi connectivity index (χ3n) is 3.50. The van der Waals surface area contributed by atoms with Crippen LogP contribution in [0, 0.1) is 0 Å². The fourth-order valence-electron chi connectivity index (χ4n) is 2.30. The van der Waals surface area contributed by atoms with Crippen LogP contribution in [0.3, 0.4) is 0 Å². The van der Waals surface area contributed by atoms with Crippen LogP contribution in [-0.2, 0) is 9.53 Å². The van der Waals surface area contributed by atoms with Crippen LogP contribution in [0.5, 0.6) is 11.5 Å². The highest BCUT2D eigenvalue weighted by Crippen LogP contribution is 2.29. The van der Waals surface area contributed by atoms with E-state index in [9.17, 15) is 4.79 Å². The Morgan fingerprint density at radius 2 is 1.76 bits per heavy atom. The molecule has 25 heavy (non-hydrogen) atoms. The Morgan fingerprint density at radius 3 is 2.44 bits per heavy atom. The molecule has 0 aromatic heterocycles. The average Bonchev–Trinajstić information content (AvgIpc) is 2.96. The fraction of sp³-hybridized carbons (Fsp3) is 0.111. The first-order chi connectivity index (χ1) is 12.0. The summed E-state index contributed by atoms with van der Waals surface area (Å²) in [6.45, 7) is 0. The predicted molar refractivity (Wildman–Crippen MR) is 102 cm³/mol. The van der Waals surface area contributed by atoms with E-state index >= 15 is 0 Å². The Balaban J connectivity index is 1.98. The van der Waals surface area contributed by atoms with Crippen LogP contribution in [0.15, 0.2) is 56.0 Å². The van der Waals surface area contributed by atoms with Gasteiger partial charge in [-0.1, -0.05) is 15.9 Å². The van der Waals surface area contributed by atoms with Crippen LogP contribution < -0.4 is 9.47 Å². The van der Waals surface area contributed by atoms with E-state index in [2.05, 4.69) is 36.9 Å². The van der Waals surface area contributed by atoms with Gasteiger partial charge in [0.1, 0.15) is 11.5 Å². The van der Waals surface area contributed by atoms with Crippen molar-refractivity contribution >= 4 is 49.8 Å². The van der Waals surface area contributed by atoms with Crippen molar-refractivity contribution in [1.82, 2.24) is 0 Å². The Labute approximate surface area is 161 Å². The number of hydrogen-bond donors (Lipinski definition) is 0. The van der Waals surface area contributed by atoms with Gasteiger partial charge in [-0.2, -0.15) is 0 Å². The first-order valence-electron chi connectivity index (χ1n) is 7.22. The Kier molecular flexibility index (Phi) is 5.24. The lowest BCUT2D eigenvalue weighted by molar-refractivity contribution is -0.129. The highest BCUT2D eigenvalue weighted by Gasteiger charge is 2.25. The molecule has 1 aliphatic heterocycles. The normalized spacial score (nSPS) is 15.1. The lowest BCUT2D eigenvalue weighted by atomic mass is 10.1. The zero-order chi connectivity index (χ0) is 18.0. The minimum absolute atomic E-state index is 0.207. The van der Waals surface area contributed by atoms with E-state index in [0.717, 1.165) is 14.5 Å². The van der Waals surface area contributed by atoms with Gasteiger partial charge in [-0.25, -0.2) is 9.79 Å². The molecule has 2 aromatic carbocycles. The summed E-state index contributed by atoms with van der Waals surface area (Å²) in [6, 6.07) is 10.8. The summed E-state index contributed by atoms with van der Waals surface area (Å²) >= 11 is 6.81. The molecule has 0 atom stereocenters. The lowest BCUT2D eigenvalue weighted by Gasteiger charge is -2.05. The molecule has 0 aliphatic carbocycles. The van der Waals surface area contributed by atoms with Crippen LogP contribution in [0.1, 0.15) is 11.1 Å². The summed E-state index contributed by atoms with van der Waals surface area (Å²) in [7, 11) is 3.15. The molecule has 5 nitrogen and oxygen atoms in total. The van der Waals surface area contributed by atoms with Crippen molar-refractivity contribution in [2.45, 2.75) is 0 Å². The van der Waals surface area contributed by atoms with E-state index in [4.69, 9.17) is 14.2 Å². The van der Waals surface area contributed by atoms with Crippen molar-refractivity contribution in [2.24, 2.45) is 4.99 Å². The molecule has 0 amide bonds. The summed E-state index contributed by atoms with van der Waals surface area (Å²) < 4.78 is 17.4. The van der Waals surface area contributed by atoms with Crippen molar-refractivity contribution in [3.63, 3.8) is 0 Å². The Morgan fingerprint density at radius 1 is 1.04 bits per heavy atom. The van der Waals surface area contributed by atoms with Crippen LogP contribution in [0.25, 0.3) is 6.08 Å². The molecule has 0 fully saturated rings. The largest absolute Gasteiger partial charge is 0.496 e. The summed E-state index contributed by atoms with van der Waals surface area (Å²) in [4.78, 5) is 16.5. The van der Waals surface area contributed by atoms with E-state index in [1.807, 2.05) is 18.2 Å². The first-order valence-corrected chi connectivity index (χ1v) is 8.80. The molecule has 0 bridgehead atoms. The maximum atomic E-state index is 12.2. The van der Waals surface area contributed by atoms with Crippen molar-refractivity contribution in [3.8, 4) is 11.5 Å². The van der Waals surface area contributed by atoms with E-state index in [1.54, 1.807) is 38.5 Å². The van der Waals surface area contributed by atoms with Crippen molar-refractivity contribution < 1.29 is 19.0 Å². The third-order valence-corrected chi connectivity index (χ3v) is 4.62. The van der Waals surface area contributed by atoms with Crippen LogP contribution in [-0.4, -0.2) is 26.1 Å². The number of rotatable bonds is 4. The number of cyclic esters (lactones) is 1. The van der Waals surface area contributed by atoms with Gasteiger partial charge in [0.05, 0.1) is 18.7 Å². The maximum Gasteiger partial charge on any atom is 0.363 e. The SMILES string of the molecule is COc1ccc(C2=N/C(=C/c3cc(Br)ccc3OC)C(=O)O2)cc1Br. The van der Waals surface area contributed by atoms with Gasteiger partial charge >= 0.3 is 5.97 Å². The number of ether oxygens (including phenoxy) is 3. The van der Waals surface area contributed by atoms with Crippen LogP contribution >= 0.6 is 31.9 Å². The second-order valence-electron chi connectivity index (χ2n) is 5.07. The molecule has 0 unspecified atom stereocenters. The topological polar surface area (TPSA) is 57.1 Å². The summed E-state index contributed by atoms with van der Waals surface area (Å²) in [5.41, 5.74) is 1.61. The minimum atomic E-state index is -0.510. The van der Waals surface area contributed by atoms with Gasteiger partial charge in [0.15, 0.2) is 5.70 Å². The monoisotopic (exact) mass is 465 g/mol. The van der Waals surface area contributed by atoms with Gasteiger partial charge in [0, 0.05) is 15.6 Å². The van der Waals surface area contributed by atoms with E-state index < -0.39 is 5.97 Å². The van der Waals surface area contributed by atoms with E-state index in [1.165, 1.54) is 0 Å². The zero-order valence-corrected chi connectivity index (χ0v) is 16.5. The van der Waals surface area contributed by atoms with Crippen molar-refractivity contribution in [1.29, 1.82) is 0 Å². The second-order valence-corrected chi connectivity index (χ2v) is 6.84. The van der Waals surface area contributed by atoms with Crippen molar-refractivity contribution in [2.75, 3.05) is 14.2 Å². The van der Waals surface area contributed by atoms with Gasteiger partial charge in [-0.15, -0.1) is 0 Å². The second kappa shape index (κ2) is 7.41. The number of carbonyl (C=O) groups is 1. The Bertz CT molecular complexity index is 906. The van der Waals surface area contributed by atoms with E-state index in [0.29, 0.717) is 17.1 Å². The van der Waals surface area contributed by atoms with E-state index in [-0.39, 0.29) is 11.6 Å². The number of carbonyl (C=O) groups excluding carboxylic acids is 1. The molecular formula is C18H13Br2NO4. The number of esters is 1. The number of nitrogens with zero attached hydrogens (tertiary/aromatic N) is 1. The predicted octanol–water partition coefficient (Wildman–Crippen LogP) is 4.57. The number of halogens is 2. The molecule has 2 aromatic rings. The third kappa shape index (κ3) is 3.77. The summed E-state index contributed by atoms with van der Waals surface area (Å²) in [6.07, 6.45) is 1.64. The summed E-state index contributed by atoms with van der Waals surface area (Å²) in [5, 5.41) is 0. The van der Waals surface area contributed by atoms with Gasteiger partial charge in [-0.3, -0.25) is 0 Å². The number of methoxy groups -OCH3 is 2. The lowest BCUT2D eigenvalue weighted by Crippen LogP contribution is -2.05. The molecule has 0 radical (unpaired) electrons. The molecular weight excluding hydrogens is 454 g/mol. The fourth-order valence-corrected chi connectivity index (χ4v) is 3.22. The van der Waals surface area contributed by atoms with Gasteiger partial charge < -0.3 is 14.2 Å². The highest BCUT2D eigenvalue weighted by atomic mass is 79.9. The minimum Gasteiger partial charge on any atom is -0.496 e. The highest BCUT2D eigenvalue weighted by molar-refractivity contribution is 9.10. The standard InChI is InChI=1S/C18H13Br2NO4/c1-23-15-6-4-12(19)7-11(15)9-14-18(22)25-17(21-14)10-3-5-16(24-2)13(20)8-10/h3-9H,1-2H3/b14-9+. The molecule has 1 aliphatic rings. The Hall–Kier alpha value is -2.12. The molecule has 128 valence electrons. The van der Waals surface area contributed by atoms with Crippen LogP contribution in [0.4, 0.5) is 0 Å². The molecule has 3 rings (SSSR count). The zero-order valence-electron chi connectivity index (χ0n) is 13.4. The first kappa shape index (κ1) is 17.7.